The van der Waals surface area contributed by atoms with Gasteiger partial charge in [-0.25, -0.2) is 9.78 Å². The number of anilines is 1. The Labute approximate surface area is 138 Å². The Hall–Kier alpha value is -1.82. The van der Waals surface area contributed by atoms with Gasteiger partial charge in [0.2, 0.25) is 0 Å². The van der Waals surface area contributed by atoms with Gasteiger partial charge in [-0.3, -0.25) is 0 Å². The van der Waals surface area contributed by atoms with E-state index in [4.69, 9.17) is 4.74 Å². The third kappa shape index (κ3) is 4.87. The lowest BCUT2D eigenvalue weighted by molar-refractivity contribution is 0.0530. The van der Waals surface area contributed by atoms with Gasteiger partial charge in [0.25, 0.3) is 0 Å². The molecule has 118 valence electrons. The fourth-order valence-corrected chi connectivity index (χ4v) is 2.30. The van der Waals surface area contributed by atoms with Crippen LogP contribution in [0.25, 0.3) is 10.8 Å². The molecule has 2 rings (SSSR count). The van der Waals surface area contributed by atoms with Crippen molar-refractivity contribution in [2.75, 3.05) is 18.4 Å². The summed E-state index contributed by atoms with van der Waals surface area (Å²) in [6.07, 6.45) is 1.35. The van der Waals surface area contributed by atoms with Gasteiger partial charge >= 0.3 is 6.09 Å². The first-order valence-electron chi connectivity index (χ1n) is 7.10. The van der Waals surface area contributed by atoms with E-state index in [1.807, 2.05) is 45.0 Å². The van der Waals surface area contributed by atoms with Crippen LogP contribution >= 0.6 is 15.9 Å². The van der Waals surface area contributed by atoms with Gasteiger partial charge < -0.3 is 15.4 Å². The number of nitrogens with zero attached hydrogens (tertiary/aromatic N) is 1. The number of hydrogen-bond acceptors (Lipinski definition) is 4. The van der Waals surface area contributed by atoms with E-state index in [2.05, 4.69) is 31.5 Å². The summed E-state index contributed by atoms with van der Waals surface area (Å²) in [6, 6.07) is 8.01. The van der Waals surface area contributed by atoms with Gasteiger partial charge in [-0.2, -0.15) is 0 Å². The number of halogens is 1. The highest BCUT2D eigenvalue weighted by Gasteiger charge is 2.15. The van der Waals surface area contributed by atoms with Crippen LogP contribution in [0.2, 0.25) is 0 Å². The first-order chi connectivity index (χ1) is 10.3. The van der Waals surface area contributed by atoms with Gasteiger partial charge in [0.1, 0.15) is 11.4 Å². The van der Waals surface area contributed by atoms with E-state index in [0.29, 0.717) is 13.1 Å². The number of hydrogen-bond donors (Lipinski definition) is 2. The maximum absolute atomic E-state index is 11.5. The molecular weight excluding hydrogens is 346 g/mol. The van der Waals surface area contributed by atoms with E-state index >= 15 is 0 Å². The molecule has 1 aromatic carbocycles. The molecular formula is C16H20BrN3O2. The van der Waals surface area contributed by atoms with Crippen LogP contribution in [-0.4, -0.2) is 29.8 Å². The second kappa shape index (κ2) is 6.96. The average Bonchev–Trinajstić information content (AvgIpc) is 2.42. The average molecular weight is 366 g/mol. The normalized spacial score (nSPS) is 11.3. The van der Waals surface area contributed by atoms with Crippen LogP contribution in [0.15, 0.2) is 34.9 Å². The van der Waals surface area contributed by atoms with Crippen LogP contribution in [-0.2, 0) is 4.74 Å². The third-order valence-corrected chi connectivity index (χ3v) is 3.31. The minimum Gasteiger partial charge on any atom is -0.444 e. The molecule has 0 aliphatic rings. The first-order valence-corrected chi connectivity index (χ1v) is 7.89. The molecule has 0 unspecified atom stereocenters. The van der Waals surface area contributed by atoms with Crippen molar-refractivity contribution < 1.29 is 9.53 Å². The molecule has 0 saturated heterocycles. The van der Waals surface area contributed by atoms with Gasteiger partial charge in [0, 0.05) is 29.1 Å². The van der Waals surface area contributed by atoms with Crippen LogP contribution in [0.4, 0.5) is 10.6 Å². The van der Waals surface area contributed by atoms with E-state index in [1.54, 1.807) is 6.20 Å². The summed E-state index contributed by atoms with van der Waals surface area (Å²) in [6.45, 7) is 6.53. The zero-order chi connectivity index (χ0) is 16.2. The summed E-state index contributed by atoms with van der Waals surface area (Å²) >= 11 is 3.47. The zero-order valence-corrected chi connectivity index (χ0v) is 14.5. The number of pyridine rings is 1. The molecule has 5 nitrogen and oxygen atoms in total. The molecule has 0 spiro atoms. The Bertz CT molecular complexity index is 668. The fraction of sp³-hybridized carbons (Fsp3) is 0.375. The molecule has 0 aliphatic heterocycles. The monoisotopic (exact) mass is 365 g/mol. The summed E-state index contributed by atoms with van der Waals surface area (Å²) in [4.78, 5) is 15.9. The van der Waals surface area contributed by atoms with E-state index in [1.165, 1.54) is 0 Å². The van der Waals surface area contributed by atoms with Gasteiger partial charge in [0.15, 0.2) is 0 Å². The Balaban J connectivity index is 1.90. The topological polar surface area (TPSA) is 63.2 Å². The summed E-state index contributed by atoms with van der Waals surface area (Å²) in [5, 5.41) is 8.09. The van der Waals surface area contributed by atoms with E-state index in [9.17, 15) is 4.79 Å². The number of carbonyl (C=O) groups excluding carboxylic acids is 1. The Morgan fingerprint density at radius 2 is 2.05 bits per heavy atom. The molecule has 0 atom stereocenters. The number of nitrogens with one attached hydrogen (secondary N) is 2. The first kappa shape index (κ1) is 16.5. The van der Waals surface area contributed by atoms with Crippen molar-refractivity contribution in [3.63, 3.8) is 0 Å². The lowest BCUT2D eigenvalue weighted by Gasteiger charge is -2.19. The molecule has 0 bridgehead atoms. The summed E-state index contributed by atoms with van der Waals surface area (Å²) in [5.74, 6) is 0.796. The fourth-order valence-electron chi connectivity index (χ4n) is 1.94. The number of alkyl carbamates (subject to hydrolysis) is 1. The molecule has 1 amide bonds. The minimum absolute atomic E-state index is 0.414. The number of rotatable bonds is 4. The maximum Gasteiger partial charge on any atom is 0.407 e. The van der Waals surface area contributed by atoms with Crippen LogP contribution < -0.4 is 10.6 Å². The van der Waals surface area contributed by atoms with E-state index in [-0.39, 0.29) is 0 Å². The quantitative estimate of drug-likeness (QED) is 0.805. The minimum atomic E-state index is -0.485. The smallest absolute Gasteiger partial charge is 0.407 e. The molecule has 0 aliphatic carbocycles. The maximum atomic E-state index is 11.5. The van der Waals surface area contributed by atoms with Crippen molar-refractivity contribution >= 4 is 38.6 Å². The molecule has 6 heteroatoms. The zero-order valence-electron chi connectivity index (χ0n) is 12.9. The molecule has 1 heterocycles. The second-order valence-corrected chi connectivity index (χ2v) is 6.80. The Kier molecular flexibility index (Phi) is 5.24. The van der Waals surface area contributed by atoms with Gasteiger partial charge in [-0.15, -0.1) is 0 Å². The van der Waals surface area contributed by atoms with Crippen LogP contribution in [0.5, 0.6) is 0 Å². The lowest BCUT2D eigenvalue weighted by atomic mass is 10.1. The van der Waals surface area contributed by atoms with Crippen LogP contribution in [0.3, 0.4) is 0 Å². The molecule has 0 radical (unpaired) electrons. The Morgan fingerprint density at radius 3 is 2.77 bits per heavy atom. The lowest BCUT2D eigenvalue weighted by Crippen LogP contribution is -2.35. The van der Waals surface area contributed by atoms with Gasteiger partial charge in [0.05, 0.1) is 0 Å². The van der Waals surface area contributed by atoms with E-state index in [0.717, 1.165) is 21.1 Å². The Morgan fingerprint density at radius 1 is 1.27 bits per heavy atom. The number of benzene rings is 1. The van der Waals surface area contributed by atoms with Crippen LogP contribution in [0, 0.1) is 0 Å². The van der Waals surface area contributed by atoms with Crippen LogP contribution in [0.1, 0.15) is 20.8 Å². The predicted molar refractivity (Wildman–Crippen MR) is 92.2 cm³/mol. The number of aromatic nitrogens is 1. The highest BCUT2D eigenvalue weighted by atomic mass is 79.9. The summed E-state index contributed by atoms with van der Waals surface area (Å²) in [5.41, 5.74) is -0.485. The third-order valence-electron chi connectivity index (χ3n) is 2.81. The second-order valence-electron chi connectivity index (χ2n) is 5.88. The molecule has 1 aromatic heterocycles. The predicted octanol–water partition coefficient (Wildman–Crippen LogP) is 3.93. The highest BCUT2D eigenvalue weighted by Crippen LogP contribution is 2.24. The van der Waals surface area contributed by atoms with Crippen molar-refractivity contribution in [3.05, 3.63) is 34.9 Å². The van der Waals surface area contributed by atoms with Crippen molar-refractivity contribution in [1.29, 1.82) is 0 Å². The van der Waals surface area contributed by atoms with Crippen molar-refractivity contribution in [3.8, 4) is 0 Å². The molecule has 0 saturated carbocycles. The highest BCUT2D eigenvalue weighted by molar-refractivity contribution is 9.10. The number of carbonyl (C=O) groups is 1. The number of ether oxygens (including phenoxy) is 1. The number of fused-ring (bicyclic) bond motifs is 1. The molecule has 22 heavy (non-hydrogen) atoms. The SMILES string of the molecule is CC(C)(C)OC(=O)NCCNc1nccc2ccc(Br)cc12. The molecule has 2 aromatic rings. The van der Waals surface area contributed by atoms with Crippen molar-refractivity contribution in [2.45, 2.75) is 26.4 Å². The molecule has 2 N–H and O–H groups in total. The summed E-state index contributed by atoms with van der Waals surface area (Å²) in [7, 11) is 0. The van der Waals surface area contributed by atoms with E-state index < -0.39 is 11.7 Å². The van der Waals surface area contributed by atoms with Crippen molar-refractivity contribution in [1.82, 2.24) is 10.3 Å². The molecule has 0 fully saturated rings. The summed E-state index contributed by atoms with van der Waals surface area (Å²) < 4.78 is 6.18. The number of amides is 1. The van der Waals surface area contributed by atoms with Gasteiger partial charge in [-0.05, 0) is 44.4 Å². The largest absolute Gasteiger partial charge is 0.444 e. The standard InChI is InChI=1S/C16H20BrN3O2/c1-16(2,3)22-15(21)20-9-8-19-14-13-10-12(17)5-4-11(13)6-7-18-14/h4-7,10H,8-9H2,1-3H3,(H,18,19)(H,20,21). The van der Waals surface area contributed by atoms with Crippen molar-refractivity contribution in [2.24, 2.45) is 0 Å². The van der Waals surface area contributed by atoms with Gasteiger partial charge in [-0.1, -0.05) is 22.0 Å².